The topological polar surface area (TPSA) is 55.8 Å². The maximum Gasteiger partial charge on any atom is 0.339 e. The molecule has 0 aliphatic carbocycles. The van der Waals surface area contributed by atoms with E-state index in [9.17, 15) is 9.90 Å². The van der Waals surface area contributed by atoms with Crippen LogP contribution in [0.2, 0.25) is 0 Å². The standard InChI is InChI=1S/C20H24O4/c1-14(2)12-24-20(22)19(21)17-10-6-5-9-16(17)13-23-18-11-7-4-8-15(18)3/h4-11,14,19,21H,12-13H2,1-3H3. The molecule has 24 heavy (non-hydrogen) atoms. The number of aliphatic hydroxyl groups is 1. The number of carbonyl (C=O) groups excluding carboxylic acids is 1. The Morgan fingerprint density at radius 1 is 1.08 bits per heavy atom. The van der Waals surface area contributed by atoms with Gasteiger partial charge in [0.05, 0.1) is 6.61 Å². The van der Waals surface area contributed by atoms with E-state index in [-0.39, 0.29) is 19.1 Å². The van der Waals surface area contributed by atoms with E-state index in [4.69, 9.17) is 9.47 Å². The van der Waals surface area contributed by atoms with E-state index >= 15 is 0 Å². The van der Waals surface area contributed by atoms with Crippen molar-refractivity contribution in [3.8, 4) is 5.75 Å². The second kappa shape index (κ2) is 8.50. The van der Waals surface area contributed by atoms with E-state index in [1.54, 1.807) is 12.1 Å². The molecule has 4 heteroatoms. The van der Waals surface area contributed by atoms with E-state index in [0.29, 0.717) is 5.56 Å². The van der Waals surface area contributed by atoms with Crippen molar-refractivity contribution in [2.45, 2.75) is 33.5 Å². The van der Waals surface area contributed by atoms with Crippen molar-refractivity contribution >= 4 is 5.97 Å². The third kappa shape index (κ3) is 4.83. The van der Waals surface area contributed by atoms with Crippen molar-refractivity contribution < 1.29 is 19.4 Å². The van der Waals surface area contributed by atoms with E-state index in [0.717, 1.165) is 16.9 Å². The van der Waals surface area contributed by atoms with E-state index < -0.39 is 12.1 Å². The summed E-state index contributed by atoms with van der Waals surface area (Å²) in [5.74, 6) is 0.372. The Hall–Kier alpha value is -2.33. The van der Waals surface area contributed by atoms with Crippen LogP contribution in [0.15, 0.2) is 48.5 Å². The zero-order valence-electron chi connectivity index (χ0n) is 14.4. The molecule has 0 saturated carbocycles. The molecular formula is C20H24O4. The smallest absolute Gasteiger partial charge is 0.339 e. The van der Waals surface area contributed by atoms with Gasteiger partial charge >= 0.3 is 5.97 Å². The number of esters is 1. The second-order valence-corrected chi connectivity index (χ2v) is 6.18. The number of ether oxygens (including phenoxy) is 2. The fraction of sp³-hybridized carbons (Fsp3) is 0.350. The molecule has 0 fully saturated rings. The highest BCUT2D eigenvalue weighted by Crippen LogP contribution is 2.23. The van der Waals surface area contributed by atoms with E-state index in [2.05, 4.69) is 0 Å². The predicted molar refractivity (Wildman–Crippen MR) is 92.7 cm³/mol. The Balaban J connectivity index is 2.09. The summed E-state index contributed by atoms with van der Waals surface area (Å²) in [5, 5.41) is 10.3. The zero-order valence-corrected chi connectivity index (χ0v) is 14.4. The molecule has 2 rings (SSSR count). The first-order valence-electron chi connectivity index (χ1n) is 8.10. The Bertz CT molecular complexity index is 679. The first kappa shape index (κ1) is 18.0. The lowest BCUT2D eigenvalue weighted by molar-refractivity contribution is -0.155. The number of aliphatic hydroxyl groups excluding tert-OH is 1. The molecule has 128 valence electrons. The molecule has 0 spiro atoms. The molecule has 2 aromatic carbocycles. The lowest BCUT2D eigenvalue weighted by Gasteiger charge is -2.16. The Labute approximate surface area is 143 Å². The first-order chi connectivity index (χ1) is 11.5. The SMILES string of the molecule is Cc1ccccc1OCc1ccccc1C(O)C(=O)OCC(C)C. The number of para-hydroxylation sites is 1. The maximum absolute atomic E-state index is 12.0. The summed E-state index contributed by atoms with van der Waals surface area (Å²) in [4.78, 5) is 12.0. The lowest BCUT2D eigenvalue weighted by Crippen LogP contribution is -2.19. The largest absolute Gasteiger partial charge is 0.489 e. The summed E-state index contributed by atoms with van der Waals surface area (Å²) in [6.07, 6.45) is -1.31. The fourth-order valence-corrected chi connectivity index (χ4v) is 2.26. The molecule has 1 N–H and O–H groups in total. The third-order valence-electron chi connectivity index (χ3n) is 3.61. The van der Waals surface area contributed by atoms with E-state index in [1.165, 1.54) is 0 Å². The Kier molecular flexibility index (Phi) is 6.38. The zero-order chi connectivity index (χ0) is 17.5. The number of hydrogen-bond acceptors (Lipinski definition) is 4. The maximum atomic E-state index is 12.0. The van der Waals surface area contributed by atoms with Crippen LogP contribution >= 0.6 is 0 Å². The van der Waals surface area contributed by atoms with Crippen LogP contribution in [0.1, 0.15) is 36.6 Å². The van der Waals surface area contributed by atoms with Gasteiger partial charge in [0.15, 0.2) is 6.10 Å². The fourth-order valence-electron chi connectivity index (χ4n) is 2.26. The van der Waals surface area contributed by atoms with Crippen LogP contribution < -0.4 is 4.74 Å². The molecule has 0 aromatic heterocycles. The molecule has 0 bridgehead atoms. The van der Waals surface area contributed by atoms with Gasteiger partial charge in [0, 0.05) is 0 Å². The summed E-state index contributed by atoms with van der Waals surface area (Å²) in [6.45, 7) is 6.43. The molecule has 0 saturated heterocycles. The van der Waals surface area contributed by atoms with Crippen LogP contribution in [0.25, 0.3) is 0 Å². The number of carbonyl (C=O) groups is 1. The van der Waals surface area contributed by atoms with Crippen LogP contribution in [0, 0.1) is 12.8 Å². The average molecular weight is 328 g/mol. The van der Waals surface area contributed by atoms with Crippen molar-refractivity contribution in [1.29, 1.82) is 0 Å². The highest BCUT2D eigenvalue weighted by molar-refractivity contribution is 5.76. The minimum Gasteiger partial charge on any atom is -0.489 e. The molecular weight excluding hydrogens is 304 g/mol. The number of aryl methyl sites for hydroxylation is 1. The summed E-state index contributed by atoms with van der Waals surface area (Å²) in [6, 6.07) is 14.9. The van der Waals surface area contributed by atoms with Crippen molar-refractivity contribution in [2.24, 2.45) is 5.92 Å². The van der Waals surface area contributed by atoms with Gasteiger partial charge in [-0.3, -0.25) is 0 Å². The van der Waals surface area contributed by atoms with Crippen LogP contribution in [-0.4, -0.2) is 17.7 Å². The average Bonchev–Trinajstić information content (AvgIpc) is 2.58. The van der Waals surface area contributed by atoms with Gasteiger partial charge in [-0.2, -0.15) is 0 Å². The van der Waals surface area contributed by atoms with Crippen LogP contribution in [0.3, 0.4) is 0 Å². The van der Waals surface area contributed by atoms with Crippen molar-refractivity contribution in [2.75, 3.05) is 6.61 Å². The van der Waals surface area contributed by atoms with Crippen molar-refractivity contribution in [3.05, 3.63) is 65.2 Å². The first-order valence-corrected chi connectivity index (χ1v) is 8.10. The number of hydrogen-bond donors (Lipinski definition) is 1. The molecule has 4 nitrogen and oxygen atoms in total. The van der Waals surface area contributed by atoms with Gasteiger partial charge < -0.3 is 14.6 Å². The highest BCUT2D eigenvalue weighted by atomic mass is 16.5. The van der Waals surface area contributed by atoms with Gasteiger partial charge in [0.2, 0.25) is 0 Å². The normalized spacial score (nSPS) is 12.0. The minimum atomic E-state index is -1.31. The van der Waals surface area contributed by atoms with Crippen LogP contribution in [0.4, 0.5) is 0 Å². The van der Waals surface area contributed by atoms with Crippen LogP contribution in [-0.2, 0) is 16.1 Å². The van der Waals surface area contributed by atoms with Crippen molar-refractivity contribution in [3.63, 3.8) is 0 Å². The summed E-state index contributed by atoms with van der Waals surface area (Å²) < 4.78 is 11.0. The molecule has 0 heterocycles. The van der Waals surface area contributed by atoms with Gasteiger partial charge in [-0.1, -0.05) is 56.3 Å². The highest BCUT2D eigenvalue weighted by Gasteiger charge is 2.22. The number of benzene rings is 2. The monoisotopic (exact) mass is 328 g/mol. The van der Waals surface area contributed by atoms with Gasteiger partial charge in [0.25, 0.3) is 0 Å². The molecule has 0 aliphatic heterocycles. The molecule has 2 aromatic rings. The predicted octanol–water partition coefficient (Wildman–Crippen LogP) is 3.81. The molecule has 0 amide bonds. The molecule has 1 unspecified atom stereocenters. The van der Waals surface area contributed by atoms with E-state index in [1.807, 2.05) is 57.2 Å². The van der Waals surface area contributed by atoms with Crippen molar-refractivity contribution in [1.82, 2.24) is 0 Å². The van der Waals surface area contributed by atoms with Gasteiger partial charge in [-0.05, 0) is 35.6 Å². The Morgan fingerprint density at radius 3 is 2.46 bits per heavy atom. The lowest BCUT2D eigenvalue weighted by atomic mass is 10.0. The summed E-state index contributed by atoms with van der Waals surface area (Å²) >= 11 is 0. The second-order valence-electron chi connectivity index (χ2n) is 6.18. The van der Waals surface area contributed by atoms with Gasteiger partial charge in [-0.15, -0.1) is 0 Å². The van der Waals surface area contributed by atoms with Gasteiger partial charge in [0.1, 0.15) is 12.4 Å². The minimum absolute atomic E-state index is 0.223. The molecule has 0 radical (unpaired) electrons. The van der Waals surface area contributed by atoms with Gasteiger partial charge in [-0.25, -0.2) is 4.79 Å². The number of rotatable bonds is 7. The quantitative estimate of drug-likeness (QED) is 0.785. The third-order valence-corrected chi connectivity index (χ3v) is 3.61. The Morgan fingerprint density at radius 2 is 1.75 bits per heavy atom. The summed E-state index contributed by atoms with van der Waals surface area (Å²) in [5.41, 5.74) is 2.31. The van der Waals surface area contributed by atoms with Crippen LogP contribution in [0.5, 0.6) is 5.75 Å². The summed E-state index contributed by atoms with van der Waals surface area (Å²) in [7, 11) is 0. The molecule has 1 atom stereocenters. The molecule has 0 aliphatic rings.